The fourth-order valence-electron chi connectivity index (χ4n) is 2.70. The van der Waals surface area contributed by atoms with Crippen LogP contribution in [0.1, 0.15) is 80.7 Å². The molecule has 22 heavy (non-hydrogen) atoms. The third kappa shape index (κ3) is 5.28. The molecule has 0 amide bonds. The summed E-state index contributed by atoms with van der Waals surface area (Å²) in [6.45, 7) is 14.7. The summed E-state index contributed by atoms with van der Waals surface area (Å²) < 4.78 is 0. The molecule has 1 unspecified atom stereocenters. The van der Waals surface area contributed by atoms with Crippen molar-refractivity contribution in [3.63, 3.8) is 0 Å². The Bertz CT molecular complexity index is 417. The van der Waals surface area contributed by atoms with Gasteiger partial charge >= 0.3 is 0 Å². The maximum absolute atomic E-state index is 11.2. The Kier molecular flexibility index (Phi) is 11.2. The van der Waals surface area contributed by atoms with Crippen LogP contribution in [0.15, 0.2) is 35.9 Å². The Balaban J connectivity index is 0. The van der Waals surface area contributed by atoms with E-state index in [1.807, 2.05) is 32.0 Å². The molecule has 0 fully saturated rings. The number of aliphatic hydroxyl groups is 1. The third-order valence-corrected chi connectivity index (χ3v) is 4.57. The smallest absolute Gasteiger partial charge is 0.0907 e. The van der Waals surface area contributed by atoms with Crippen molar-refractivity contribution >= 4 is 6.08 Å². The Morgan fingerprint density at radius 1 is 1.00 bits per heavy atom. The zero-order chi connectivity index (χ0) is 16.5. The Morgan fingerprint density at radius 2 is 1.50 bits per heavy atom. The second kappa shape index (κ2) is 10.6. The molecular formula is C21H38O. The van der Waals surface area contributed by atoms with E-state index in [4.69, 9.17) is 0 Å². The average molecular weight is 307 g/mol. The van der Waals surface area contributed by atoms with Crippen LogP contribution in [0.4, 0.5) is 0 Å². The Morgan fingerprint density at radius 3 is 1.86 bits per heavy atom. The highest BCUT2D eigenvalue weighted by atomic mass is 16.3. The monoisotopic (exact) mass is 306 g/mol. The van der Waals surface area contributed by atoms with Crippen LogP contribution in [0.2, 0.25) is 0 Å². The number of benzene rings is 1. The van der Waals surface area contributed by atoms with E-state index in [9.17, 15) is 5.11 Å². The van der Waals surface area contributed by atoms with Gasteiger partial charge in [0.1, 0.15) is 0 Å². The van der Waals surface area contributed by atoms with E-state index < -0.39 is 5.60 Å². The number of hydrogen-bond acceptors (Lipinski definition) is 1. The summed E-state index contributed by atoms with van der Waals surface area (Å²) in [5.41, 5.74) is 1.45. The van der Waals surface area contributed by atoms with Gasteiger partial charge in [0.25, 0.3) is 0 Å². The first kappa shape index (κ1) is 23.2. The van der Waals surface area contributed by atoms with E-state index in [0.29, 0.717) is 0 Å². The van der Waals surface area contributed by atoms with Crippen LogP contribution in [0, 0.1) is 5.41 Å². The van der Waals surface area contributed by atoms with Crippen LogP contribution in [0.5, 0.6) is 0 Å². The predicted octanol–water partition coefficient (Wildman–Crippen LogP) is 6.72. The second-order valence-corrected chi connectivity index (χ2v) is 5.89. The van der Waals surface area contributed by atoms with Crippen LogP contribution in [-0.2, 0) is 0 Å². The molecule has 0 saturated heterocycles. The molecule has 1 aromatic rings. The van der Waals surface area contributed by atoms with Gasteiger partial charge < -0.3 is 5.11 Å². The topological polar surface area (TPSA) is 20.2 Å². The van der Waals surface area contributed by atoms with Gasteiger partial charge in [-0.2, -0.15) is 0 Å². The maximum atomic E-state index is 11.2. The van der Waals surface area contributed by atoms with Crippen LogP contribution in [-0.4, -0.2) is 10.7 Å². The van der Waals surface area contributed by atoms with Gasteiger partial charge in [-0.3, -0.25) is 0 Å². The maximum Gasteiger partial charge on any atom is 0.0907 e. The molecule has 0 aromatic heterocycles. The molecule has 1 nitrogen and oxygen atoms in total. The van der Waals surface area contributed by atoms with E-state index >= 15 is 0 Å². The summed E-state index contributed by atoms with van der Waals surface area (Å²) in [6.07, 6.45) is 4.74. The van der Waals surface area contributed by atoms with Gasteiger partial charge in [0.05, 0.1) is 5.60 Å². The standard InChI is InChI=1S/C18H28O.C2H6.CH4/c1-6-16(14-15-12-10-9-11-13-15)18(19,8-3)17(4,5)7-2;1-2;/h9-14,19H,6-8H2,1-5H3;1-2H3;1H4/b16-14+;;. The summed E-state index contributed by atoms with van der Waals surface area (Å²) >= 11 is 0. The summed E-state index contributed by atoms with van der Waals surface area (Å²) in [4.78, 5) is 0. The van der Waals surface area contributed by atoms with E-state index in [0.717, 1.165) is 30.4 Å². The van der Waals surface area contributed by atoms with Crippen molar-refractivity contribution in [1.82, 2.24) is 0 Å². The summed E-state index contributed by atoms with van der Waals surface area (Å²) in [5.74, 6) is 0. The normalized spacial score (nSPS) is 14.3. The first-order valence-corrected chi connectivity index (χ1v) is 8.39. The van der Waals surface area contributed by atoms with Crippen molar-refractivity contribution < 1.29 is 5.11 Å². The fourth-order valence-corrected chi connectivity index (χ4v) is 2.70. The van der Waals surface area contributed by atoms with Crippen LogP contribution in [0.3, 0.4) is 0 Å². The van der Waals surface area contributed by atoms with Gasteiger partial charge in [0.15, 0.2) is 0 Å². The lowest BCUT2D eigenvalue weighted by molar-refractivity contribution is -0.0410. The molecule has 1 rings (SSSR count). The Labute approximate surface area is 139 Å². The number of rotatable bonds is 6. The molecule has 0 heterocycles. The lowest BCUT2D eigenvalue weighted by Gasteiger charge is -2.44. The van der Waals surface area contributed by atoms with E-state index in [1.54, 1.807) is 0 Å². The van der Waals surface area contributed by atoms with Crippen LogP contribution in [0.25, 0.3) is 6.08 Å². The highest BCUT2D eigenvalue weighted by Crippen LogP contribution is 2.43. The van der Waals surface area contributed by atoms with Gasteiger partial charge in [-0.15, -0.1) is 0 Å². The van der Waals surface area contributed by atoms with E-state index in [2.05, 4.69) is 52.8 Å². The van der Waals surface area contributed by atoms with Crippen molar-refractivity contribution in [1.29, 1.82) is 0 Å². The SMILES string of the molecule is C.CC.CC/C(=C\c1ccccc1)C(O)(CC)C(C)(C)CC. The predicted molar refractivity (Wildman–Crippen MR) is 102 cm³/mol. The highest BCUT2D eigenvalue weighted by Gasteiger charge is 2.42. The van der Waals surface area contributed by atoms with E-state index in [-0.39, 0.29) is 12.8 Å². The minimum atomic E-state index is -0.730. The largest absolute Gasteiger partial charge is 0.385 e. The van der Waals surface area contributed by atoms with Gasteiger partial charge in [-0.25, -0.2) is 0 Å². The molecule has 0 aliphatic rings. The molecular weight excluding hydrogens is 268 g/mol. The van der Waals surface area contributed by atoms with Crippen molar-refractivity contribution in [2.24, 2.45) is 5.41 Å². The third-order valence-electron chi connectivity index (χ3n) is 4.57. The molecule has 0 aliphatic carbocycles. The molecule has 128 valence electrons. The van der Waals surface area contributed by atoms with Crippen LogP contribution >= 0.6 is 0 Å². The minimum absolute atomic E-state index is 0. The second-order valence-electron chi connectivity index (χ2n) is 5.89. The van der Waals surface area contributed by atoms with Gasteiger partial charge in [-0.1, -0.05) is 92.3 Å². The fraction of sp³-hybridized carbons (Fsp3) is 0.619. The highest BCUT2D eigenvalue weighted by molar-refractivity contribution is 5.55. The van der Waals surface area contributed by atoms with Crippen molar-refractivity contribution in [3.8, 4) is 0 Å². The lowest BCUT2D eigenvalue weighted by atomic mass is 9.66. The molecule has 1 aromatic carbocycles. The first-order chi connectivity index (χ1) is 9.91. The molecule has 1 N–H and O–H groups in total. The summed E-state index contributed by atoms with van der Waals surface area (Å²) in [5, 5.41) is 11.2. The van der Waals surface area contributed by atoms with E-state index in [1.165, 1.54) is 0 Å². The molecule has 1 heteroatoms. The average Bonchev–Trinajstić information content (AvgIpc) is 2.54. The van der Waals surface area contributed by atoms with Gasteiger partial charge in [0, 0.05) is 0 Å². The summed E-state index contributed by atoms with van der Waals surface area (Å²) in [7, 11) is 0. The number of hydrogen-bond donors (Lipinski definition) is 1. The molecule has 0 aliphatic heterocycles. The molecule has 1 atom stereocenters. The molecule has 0 spiro atoms. The molecule has 0 bridgehead atoms. The van der Waals surface area contributed by atoms with Gasteiger partial charge in [-0.05, 0) is 35.8 Å². The molecule has 0 saturated carbocycles. The summed E-state index contributed by atoms with van der Waals surface area (Å²) in [6, 6.07) is 10.3. The zero-order valence-electron chi connectivity index (χ0n) is 15.0. The lowest BCUT2D eigenvalue weighted by Crippen LogP contribution is -2.45. The minimum Gasteiger partial charge on any atom is -0.385 e. The molecule has 0 radical (unpaired) electrons. The van der Waals surface area contributed by atoms with Gasteiger partial charge in [0.2, 0.25) is 0 Å². The van der Waals surface area contributed by atoms with Crippen molar-refractivity contribution in [2.75, 3.05) is 0 Å². The zero-order valence-corrected chi connectivity index (χ0v) is 15.0. The van der Waals surface area contributed by atoms with Crippen molar-refractivity contribution in [2.45, 2.75) is 80.8 Å². The van der Waals surface area contributed by atoms with Crippen molar-refractivity contribution in [3.05, 3.63) is 41.5 Å². The van der Waals surface area contributed by atoms with Crippen LogP contribution < -0.4 is 0 Å². The Hall–Kier alpha value is -1.08. The first-order valence-electron chi connectivity index (χ1n) is 8.39. The quantitative estimate of drug-likeness (QED) is 0.618.